The summed E-state index contributed by atoms with van der Waals surface area (Å²) in [6, 6.07) is 0. The van der Waals surface area contributed by atoms with Crippen LogP contribution in [0, 0.1) is 0 Å². The highest BCUT2D eigenvalue weighted by Gasteiger charge is 2.49. The second kappa shape index (κ2) is 4.62. The molecule has 0 unspecified atom stereocenters. The van der Waals surface area contributed by atoms with Gasteiger partial charge in [-0.05, 0) is 25.7 Å². The van der Waals surface area contributed by atoms with E-state index >= 15 is 0 Å². The number of hydrogen-bond donors (Lipinski definition) is 1. The minimum absolute atomic E-state index is 0.245. The molecule has 0 atom stereocenters. The van der Waals surface area contributed by atoms with Gasteiger partial charge in [0, 0.05) is 0 Å². The normalized spacial score (nSPS) is 21.9. The van der Waals surface area contributed by atoms with Crippen molar-refractivity contribution in [3.63, 3.8) is 0 Å². The van der Waals surface area contributed by atoms with Crippen molar-refractivity contribution in [1.82, 2.24) is 0 Å². The van der Waals surface area contributed by atoms with E-state index in [0.29, 0.717) is 6.42 Å². The third-order valence-electron chi connectivity index (χ3n) is 2.76. The van der Waals surface area contributed by atoms with Crippen molar-refractivity contribution in [3.8, 4) is 0 Å². The lowest BCUT2D eigenvalue weighted by Gasteiger charge is -2.29. The van der Waals surface area contributed by atoms with E-state index in [1.54, 1.807) is 0 Å². The fourth-order valence-electron chi connectivity index (χ4n) is 1.90. The van der Waals surface area contributed by atoms with Crippen LogP contribution in [0.25, 0.3) is 0 Å². The van der Waals surface area contributed by atoms with E-state index < -0.39 is 42.1 Å². The first-order valence-corrected chi connectivity index (χ1v) is 5.08. The van der Waals surface area contributed by atoms with E-state index in [2.05, 4.69) is 0 Å². The quantitative estimate of drug-likeness (QED) is 0.607. The summed E-state index contributed by atoms with van der Waals surface area (Å²) in [6.45, 7) is 0. The van der Waals surface area contributed by atoms with Crippen molar-refractivity contribution >= 4 is 5.97 Å². The fourth-order valence-corrected chi connectivity index (χ4v) is 1.90. The van der Waals surface area contributed by atoms with Crippen LogP contribution in [0.2, 0.25) is 0 Å². The van der Waals surface area contributed by atoms with E-state index in [9.17, 15) is 26.7 Å². The largest absolute Gasteiger partial charge is 0.478 e. The number of halogens is 5. The second-order valence-corrected chi connectivity index (χ2v) is 4.02. The van der Waals surface area contributed by atoms with Crippen molar-refractivity contribution in [2.24, 2.45) is 0 Å². The first kappa shape index (κ1) is 13.9. The summed E-state index contributed by atoms with van der Waals surface area (Å²) in [7, 11) is 0. The van der Waals surface area contributed by atoms with Crippen LogP contribution >= 0.6 is 0 Å². The molecule has 0 saturated heterocycles. The Morgan fingerprint density at radius 2 is 1.59 bits per heavy atom. The Balaban J connectivity index is 3.19. The Bertz CT molecular complexity index is 339. The molecule has 1 saturated carbocycles. The van der Waals surface area contributed by atoms with Gasteiger partial charge in [-0.2, -0.15) is 13.2 Å². The number of carboxylic acids is 1. The third kappa shape index (κ3) is 2.95. The lowest BCUT2D eigenvalue weighted by atomic mass is 9.84. The van der Waals surface area contributed by atoms with Crippen LogP contribution in [-0.4, -0.2) is 22.9 Å². The maximum absolute atomic E-state index is 13.9. The zero-order chi connectivity index (χ0) is 13.3. The van der Waals surface area contributed by atoms with Gasteiger partial charge in [-0.15, -0.1) is 0 Å². The van der Waals surface area contributed by atoms with Crippen molar-refractivity contribution in [3.05, 3.63) is 11.4 Å². The van der Waals surface area contributed by atoms with Crippen LogP contribution in [0.4, 0.5) is 22.0 Å². The molecule has 1 aliphatic rings. The number of carbonyl (C=O) groups is 1. The lowest BCUT2D eigenvalue weighted by Crippen LogP contribution is -2.32. The van der Waals surface area contributed by atoms with Crippen LogP contribution in [0.15, 0.2) is 11.4 Å². The van der Waals surface area contributed by atoms with Gasteiger partial charge in [0.05, 0.1) is 0 Å². The SMILES string of the molecule is O=C(O)C(=C(F)C1(F)CCCCC1)C(F)(F)F. The van der Waals surface area contributed by atoms with E-state index in [-0.39, 0.29) is 12.8 Å². The number of carboxylic acid groups (broad SMARTS) is 1. The number of allylic oxidation sites excluding steroid dienone is 1. The van der Waals surface area contributed by atoms with Gasteiger partial charge in [-0.1, -0.05) is 6.42 Å². The molecule has 1 N–H and O–H groups in total. The maximum atomic E-state index is 13.9. The van der Waals surface area contributed by atoms with Crippen molar-refractivity contribution in [1.29, 1.82) is 0 Å². The molecule has 0 radical (unpaired) electrons. The molecule has 0 aliphatic heterocycles. The van der Waals surface area contributed by atoms with E-state index in [1.165, 1.54) is 0 Å². The zero-order valence-corrected chi connectivity index (χ0v) is 8.78. The molecule has 0 aromatic heterocycles. The Morgan fingerprint density at radius 3 is 1.94 bits per heavy atom. The third-order valence-corrected chi connectivity index (χ3v) is 2.76. The van der Waals surface area contributed by atoms with Crippen LogP contribution in [-0.2, 0) is 4.79 Å². The molecule has 0 spiro atoms. The molecule has 0 aromatic carbocycles. The number of alkyl halides is 4. The standard InChI is InChI=1S/C10H11F5O2/c11-7(6(8(16)17)10(13,14)15)9(12)4-2-1-3-5-9/h1-5H2,(H,16,17). The van der Waals surface area contributed by atoms with Gasteiger partial charge >= 0.3 is 12.1 Å². The molecule has 1 aliphatic carbocycles. The molecular weight excluding hydrogens is 247 g/mol. The van der Waals surface area contributed by atoms with Crippen LogP contribution in [0.1, 0.15) is 32.1 Å². The maximum Gasteiger partial charge on any atom is 0.426 e. The predicted molar refractivity (Wildman–Crippen MR) is 48.7 cm³/mol. The first-order valence-electron chi connectivity index (χ1n) is 5.08. The highest BCUT2D eigenvalue weighted by molar-refractivity contribution is 5.89. The molecular formula is C10H11F5O2. The molecule has 0 heterocycles. The summed E-state index contributed by atoms with van der Waals surface area (Å²) in [6.07, 6.45) is -5.12. The van der Waals surface area contributed by atoms with Crippen molar-refractivity contribution in [2.75, 3.05) is 0 Å². The van der Waals surface area contributed by atoms with Gasteiger partial charge in [-0.25, -0.2) is 13.6 Å². The molecule has 0 aromatic rings. The van der Waals surface area contributed by atoms with Gasteiger partial charge < -0.3 is 5.11 Å². The molecule has 1 fully saturated rings. The molecule has 17 heavy (non-hydrogen) atoms. The van der Waals surface area contributed by atoms with Gasteiger partial charge in [-0.3, -0.25) is 0 Å². The summed E-state index contributed by atoms with van der Waals surface area (Å²) < 4.78 is 64.3. The number of rotatable bonds is 2. The highest BCUT2D eigenvalue weighted by Crippen LogP contribution is 2.43. The zero-order valence-electron chi connectivity index (χ0n) is 8.78. The molecule has 0 amide bonds. The van der Waals surface area contributed by atoms with Crippen molar-refractivity contribution in [2.45, 2.75) is 43.9 Å². The minimum Gasteiger partial charge on any atom is -0.478 e. The molecule has 7 heteroatoms. The smallest absolute Gasteiger partial charge is 0.426 e. The highest BCUT2D eigenvalue weighted by atomic mass is 19.4. The average Bonchev–Trinajstić information content (AvgIpc) is 2.15. The van der Waals surface area contributed by atoms with Crippen LogP contribution in [0.3, 0.4) is 0 Å². The molecule has 98 valence electrons. The van der Waals surface area contributed by atoms with Gasteiger partial charge in [0.15, 0.2) is 17.1 Å². The topological polar surface area (TPSA) is 37.3 Å². The summed E-state index contributed by atoms with van der Waals surface area (Å²) in [5.74, 6) is -4.69. The number of aliphatic carboxylic acids is 1. The minimum atomic E-state index is -5.40. The van der Waals surface area contributed by atoms with Gasteiger partial charge in [0.1, 0.15) is 0 Å². The Kier molecular flexibility index (Phi) is 3.78. The molecule has 0 bridgehead atoms. The number of hydrogen-bond acceptors (Lipinski definition) is 1. The Hall–Kier alpha value is -1.14. The summed E-state index contributed by atoms with van der Waals surface area (Å²) in [5, 5.41) is 8.34. The first-order chi connectivity index (χ1) is 7.68. The summed E-state index contributed by atoms with van der Waals surface area (Å²) >= 11 is 0. The van der Waals surface area contributed by atoms with E-state index in [1.807, 2.05) is 0 Å². The summed E-state index contributed by atoms with van der Waals surface area (Å²) in [4.78, 5) is 10.4. The Labute approximate surface area is 94.1 Å². The van der Waals surface area contributed by atoms with Crippen LogP contribution in [0.5, 0.6) is 0 Å². The van der Waals surface area contributed by atoms with Gasteiger partial charge in [0.2, 0.25) is 0 Å². The van der Waals surface area contributed by atoms with Crippen LogP contribution < -0.4 is 0 Å². The monoisotopic (exact) mass is 258 g/mol. The van der Waals surface area contributed by atoms with Gasteiger partial charge in [0.25, 0.3) is 0 Å². The average molecular weight is 258 g/mol. The predicted octanol–water partition coefficient (Wildman–Crippen LogP) is 3.53. The fraction of sp³-hybridized carbons (Fsp3) is 0.700. The molecule has 2 nitrogen and oxygen atoms in total. The Morgan fingerprint density at radius 1 is 1.12 bits per heavy atom. The molecule has 1 rings (SSSR count). The van der Waals surface area contributed by atoms with E-state index in [0.717, 1.165) is 0 Å². The summed E-state index contributed by atoms with van der Waals surface area (Å²) in [5.41, 5.74) is -5.22. The second-order valence-electron chi connectivity index (χ2n) is 4.02. The van der Waals surface area contributed by atoms with Crippen molar-refractivity contribution < 1.29 is 31.9 Å². The van der Waals surface area contributed by atoms with E-state index in [4.69, 9.17) is 5.11 Å². The lowest BCUT2D eigenvalue weighted by molar-refractivity contribution is -0.146.